The van der Waals surface area contributed by atoms with Gasteiger partial charge in [0.1, 0.15) is 11.4 Å². The standard InChI is InChI=1S/C38H39O3S/c1-37(2,3)28-21-23-30(24-22-28)42(29-15-8-7-9-16-29)34-19-13-12-18-32(34)36-31-17-11-10-14-27(31)20-25-33(36)40-26-35(39)41-38(4,5)6/h7-25H,26H2,1-6H3/q+1. The topological polar surface area (TPSA) is 35.5 Å². The van der Waals surface area contributed by atoms with E-state index in [1.807, 2.05) is 45.0 Å². The van der Waals surface area contributed by atoms with Crippen LogP contribution in [0, 0.1) is 0 Å². The smallest absolute Gasteiger partial charge is 0.344 e. The van der Waals surface area contributed by atoms with Crippen LogP contribution in [0.25, 0.3) is 21.9 Å². The molecule has 5 aromatic carbocycles. The van der Waals surface area contributed by atoms with Crippen molar-refractivity contribution in [2.75, 3.05) is 6.61 Å². The number of fused-ring (bicyclic) bond motifs is 1. The van der Waals surface area contributed by atoms with E-state index >= 15 is 0 Å². The van der Waals surface area contributed by atoms with Crippen LogP contribution in [0.4, 0.5) is 0 Å². The molecule has 0 bridgehead atoms. The molecule has 0 aliphatic carbocycles. The monoisotopic (exact) mass is 575 g/mol. The highest BCUT2D eigenvalue weighted by atomic mass is 32.2. The molecule has 4 heteroatoms. The summed E-state index contributed by atoms with van der Waals surface area (Å²) in [6, 6.07) is 40.7. The lowest BCUT2D eigenvalue weighted by atomic mass is 9.87. The molecule has 5 rings (SSSR count). The number of carbonyl (C=O) groups is 1. The van der Waals surface area contributed by atoms with Gasteiger partial charge in [0.05, 0.1) is 10.9 Å². The molecule has 1 atom stereocenters. The van der Waals surface area contributed by atoms with Crippen molar-refractivity contribution in [1.82, 2.24) is 0 Å². The van der Waals surface area contributed by atoms with Gasteiger partial charge in [-0.2, -0.15) is 0 Å². The summed E-state index contributed by atoms with van der Waals surface area (Å²) in [4.78, 5) is 16.3. The van der Waals surface area contributed by atoms with Gasteiger partial charge in [-0.15, -0.1) is 0 Å². The maximum atomic E-state index is 12.6. The van der Waals surface area contributed by atoms with Crippen molar-refractivity contribution in [1.29, 1.82) is 0 Å². The van der Waals surface area contributed by atoms with Crippen molar-refractivity contribution in [2.24, 2.45) is 0 Å². The second kappa shape index (κ2) is 12.1. The Morgan fingerprint density at radius 1 is 0.667 bits per heavy atom. The molecule has 0 amide bonds. The van der Waals surface area contributed by atoms with Gasteiger partial charge in [0.25, 0.3) is 0 Å². The van der Waals surface area contributed by atoms with Crippen LogP contribution >= 0.6 is 0 Å². The van der Waals surface area contributed by atoms with Crippen LogP contribution in [0.5, 0.6) is 5.75 Å². The molecule has 0 aromatic heterocycles. The van der Waals surface area contributed by atoms with Crippen molar-refractivity contribution in [3.63, 3.8) is 0 Å². The van der Waals surface area contributed by atoms with Crippen LogP contribution in [-0.4, -0.2) is 18.2 Å². The van der Waals surface area contributed by atoms with E-state index in [2.05, 4.69) is 112 Å². The summed E-state index contributed by atoms with van der Waals surface area (Å²) in [5.41, 5.74) is 2.87. The van der Waals surface area contributed by atoms with Crippen LogP contribution in [0.15, 0.2) is 130 Å². The molecular weight excluding hydrogens is 536 g/mol. The van der Waals surface area contributed by atoms with Gasteiger partial charge in [0.2, 0.25) is 0 Å². The van der Waals surface area contributed by atoms with Crippen molar-refractivity contribution in [2.45, 2.75) is 67.2 Å². The Bertz CT molecular complexity index is 1680. The van der Waals surface area contributed by atoms with Crippen LogP contribution in [0.3, 0.4) is 0 Å². The fraction of sp³-hybridized carbons (Fsp3) is 0.237. The average Bonchev–Trinajstić information content (AvgIpc) is 2.96. The molecule has 0 aliphatic rings. The highest BCUT2D eigenvalue weighted by Gasteiger charge is 2.33. The van der Waals surface area contributed by atoms with Gasteiger partial charge in [0, 0.05) is 11.1 Å². The number of hydrogen-bond donors (Lipinski definition) is 0. The summed E-state index contributed by atoms with van der Waals surface area (Å²) < 4.78 is 11.8. The number of carbonyl (C=O) groups excluding carboxylic acids is 1. The lowest BCUT2D eigenvalue weighted by Gasteiger charge is -2.21. The number of esters is 1. The van der Waals surface area contributed by atoms with Gasteiger partial charge in [0.15, 0.2) is 21.3 Å². The van der Waals surface area contributed by atoms with Crippen LogP contribution in [0.1, 0.15) is 47.1 Å². The molecule has 0 spiro atoms. The molecule has 1 unspecified atom stereocenters. The van der Waals surface area contributed by atoms with Gasteiger partial charge < -0.3 is 9.47 Å². The Morgan fingerprint density at radius 3 is 1.98 bits per heavy atom. The van der Waals surface area contributed by atoms with Crippen LogP contribution in [-0.2, 0) is 25.8 Å². The number of benzene rings is 5. The van der Waals surface area contributed by atoms with Crippen molar-refractivity contribution < 1.29 is 14.3 Å². The Kier molecular flexibility index (Phi) is 8.47. The van der Waals surface area contributed by atoms with Gasteiger partial charge in [-0.1, -0.05) is 93.6 Å². The first-order valence-corrected chi connectivity index (χ1v) is 15.6. The van der Waals surface area contributed by atoms with E-state index in [4.69, 9.17) is 9.47 Å². The Labute approximate surface area is 252 Å². The second-order valence-corrected chi connectivity index (χ2v) is 14.4. The minimum atomic E-state index is -0.578. The first-order valence-electron chi connectivity index (χ1n) is 14.4. The Balaban J connectivity index is 1.68. The third-order valence-corrected chi connectivity index (χ3v) is 9.25. The largest absolute Gasteiger partial charge is 0.481 e. The zero-order chi connectivity index (χ0) is 29.9. The summed E-state index contributed by atoms with van der Waals surface area (Å²) >= 11 is 0. The van der Waals surface area contributed by atoms with Gasteiger partial charge in [-0.3, -0.25) is 0 Å². The number of hydrogen-bond acceptors (Lipinski definition) is 3. The predicted octanol–water partition coefficient (Wildman–Crippen LogP) is 9.62. The third kappa shape index (κ3) is 6.71. The SMILES string of the molecule is CC(C)(C)OC(=O)COc1ccc2ccccc2c1-c1ccccc1[S+](c1ccccc1)c1ccc(C(C)(C)C)cc1. The minimum absolute atomic E-state index is 0.0745. The van der Waals surface area contributed by atoms with E-state index in [0.717, 1.165) is 21.9 Å². The van der Waals surface area contributed by atoms with E-state index in [9.17, 15) is 4.79 Å². The quantitative estimate of drug-likeness (QED) is 0.143. The zero-order valence-corrected chi connectivity index (χ0v) is 26.1. The normalized spacial score (nSPS) is 12.6. The summed E-state index contributed by atoms with van der Waals surface area (Å²) in [7, 11) is -0.386. The minimum Gasteiger partial charge on any atom is -0.481 e. The van der Waals surface area contributed by atoms with Gasteiger partial charge in [-0.05, 0) is 85.0 Å². The fourth-order valence-corrected chi connectivity index (χ4v) is 7.27. The molecule has 0 aliphatic heterocycles. The molecule has 3 nitrogen and oxygen atoms in total. The maximum Gasteiger partial charge on any atom is 0.344 e. The first kappa shape index (κ1) is 29.5. The lowest BCUT2D eigenvalue weighted by molar-refractivity contribution is -0.157. The highest BCUT2D eigenvalue weighted by Crippen LogP contribution is 2.44. The van der Waals surface area contributed by atoms with Crippen LogP contribution in [0.2, 0.25) is 0 Å². The Morgan fingerprint density at radius 2 is 1.29 bits per heavy atom. The molecule has 0 radical (unpaired) electrons. The highest BCUT2D eigenvalue weighted by molar-refractivity contribution is 7.97. The molecule has 42 heavy (non-hydrogen) atoms. The molecule has 0 heterocycles. The molecule has 0 saturated carbocycles. The summed E-state index contributed by atoms with van der Waals surface area (Å²) in [5, 5.41) is 2.19. The van der Waals surface area contributed by atoms with Crippen molar-refractivity contribution in [3.05, 3.63) is 121 Å². The van der Waals surface area contributed by atoms with Crippen molar-refractivity contribution in [3.8, 4) is 16.9 Å². The van der Waals surface area contributed by atoms with E-state index in [1.54, 1.807) is 0 Å². The van der Waals surface area contributed by atoms with E-state index in [-0.39, 0.29) is 22.9 Å². The molecular formula is C38H39O3S+. The zero-order valence-electron chi connectivity index (χ0n) is 25.3. The first-order chi connectivity index (χ1) is 20.0. The lowest BCUT2D eigenvalue weighted by Crippen LogP contribution is -2.27. The summed E-state index contributed by atoms with van der Waals surface area (Å²) in [5.74, 6) is 0.268. The Hall–Kier alpha value is -4.02. The maximum absolute atomic E-state index is 12.6. The third-order valence-electron chi connectivity index (χ3n) is 6.97. The summed E-state index contributed by atoms with van der Waals surface area (Å²) in [6.45, 7) is 12.2. The predicted molar refractivity (Wildman–Crippen MR) is 174 cm³/mol. The molecule has 0 N–H and O–H groups in total. The van der Waals surface area contributed by atoms with E-state index in [1.165, 1.54) is 20.2 Å². The second-order valence-electron chi connectivity index (χ2n) is 12.4. The molecule has 0 fully saturated rings. The molecule has 0 saturated heterocycles. The van der Waals surface area contributed by atoms with Crippen LogP contribution < -0.4 is 4.74 Å². The molecule has 214 valence electrons. The van der Waals surface area contributed by atoms with E-state index < -0.39 is 11.6 Å². The number of rotatable bonds is 7. The summed E-state index contributed by atoms with van der Waals surface area (Å²) in [6.07, 6.45) is 0. The molecule has 5 aromatic rings. The van der Waals surface area contributed by atoms with Gasteiger partial charge >= 0.3 is 5.97 Å². The average molecular weight is 576 g/mol. The fourth-order valence-electron chi connectivity index (χ4n) is 5.05. The van der Waals surface area contributed by atoms with Crippen molar-refractivity contribution >= 4 is 27.6 Å². The number of ether oxygens (including phenoxy) is 2. The van der Waals surface area contributed by atoms with E-state index in [0.29, 0.717) is 5.75 Å². The van der Waals surface area contributed by atoms with Gasteiger partial charge in [-0.25, -0.2) is 4.79 Å².